The van der Waals surface area contributed by atoms with Crippen molar-refractivity contribution in [1.82, 2.24) is 4.90 Å². The number of anilines is 1. The predicted molar refractivity (Wildman–Crippen MR) is 71.3 cm³/mol. The highest BCUT2D eigenvalue weighted by Crippen LogP contribution is 2.25. The highest BCUT2D eigenvalue weighted by atomic mass is 35.5. The molecule has 1 aromatic rings. The molecule has 0 spiro atoms. The molecule has 96 valence electrons. The Hall–Kier alpha value is -1.26. The van der Waals surface area contributed by atoms with E-state index in [1.165, 1.54) is 4.90 Å². The molecule has 1 aromatic carbocycles. The lowest BCUT2D eigenvalue weighted by Gasteiger charge is -2.26. The van der Waals surface area contributed by atoms with Gasteiger partial charge in [-0.05, 0) is 24.6 Å². The molecule has 0 aromatic heterocycles. The molecule has 18 heavy (non-hydrogen) atoms. The van der Waals surface area contributed by atoms with Crippen LogP contribution in [0.15, 0.2) is 18.2 Å². The Bertz CT molecular complexity index is 491. The van der Waals surface area contributed by atoms with Crippen LogP contribution < -0.4 is 5.32 Å². The first-order valence-corrected chi connectivity index (χ1v) is 6.34. The number of piperidine rings is 1. The molecule has 0 unspecified atom stereocenters. The van der Waals surface area contributed by atoms with Gasteiger partial charge in [-0.1, -0.05) is 23.2 Å². The summed E-state index contributed by atoms with van der Waals surface area (Å²) < 4.78 is 0. The molecule has 6 heteroatoms. The molecule has 0 radical (unpaired) electrons. The van der Waals surface area contributed by atoms with Crippen LogP contribution in [0.25, 0.3) is 0 Å². The largest absolute Gasteiger partial charge is 0.322 e. The lowest BCUT2D eigenvalue weighted by atomic mass is 10.1. The predicted octanol–water partition coefficient (Wildman–Crippen LogP) is 3.19. The molecule has 1 heterocycles. The third-order valence-corrected chi connectivity index (χ3v) is 3.27. The summed E-state index contributed by atoms with van der Waals surface area (Å²) in [5, 5.41) is 3.56. The van der Waals surface area contributed by atoms with Crippen molar-refractivity contribution in [2.24, 2.45) is 0 Å². The van der Waals surface area contributed by atoms with Crippen molar-refractivity contribution < 1.29 is 9.59 Å². The molecule has 2 rings (SSSR count). The number of nitrogens with zero attached hydrogens (tertiary/aromatic N) is 1. The topological polar surface area (TPSA) is 49.4 Å². The number of likely N-dealkylation sites (tertiary alicyclic amines) is 1. The molecular weight excluding hydrogens is 275 g/mol. The van der Waals surface area contributed by atoms with Gasteiger partial charge in [0, 0.05) is 18.0 Å². The van der Waals surface area contributed by atoms with Gasteiger partial charge in [0.25, 0.3) is 0 Å². The van der Waals surface area contributed by atoms with Crippen molar-refractivity contribution in [1.29, 1.82) is 0 Å². The van der Waals surface area contributed by atoms with E-state index in [4.69, 9.17) is 23.2 Å². The maximum absolute atomic E-state index is 11.9. The van der Waals surface area contributed by atoms with Crippen LogP contribution in [0.3, 0.4) is 0 Å². The van der Waals surface area contributed by atoms with E-state index in [1.54, 1.807) is 18.2 Å². The van der Waals surface area contributed by atoms with Crippen molar-refractivity contribution in [2.75, 3.05) is 18.4 Å². The van der Waals surface area contributed by atoms with Crippen molar-refractivity contribution in [2.45, 2.75) is 12.8 Å². The first-order valence-electron chi connectivity index (χ1n) is 5.59. The third-order valence-electron chi connectivity index (χ3n) is 2.71. The fourth-order valence-corrected chi connectivity index (χ4v) is 2.14. The van der Waals surface area contributed by atoms with Gasteiger partial charge in [0.05, 0.1) is 17.3 Å². The minimum Gasteiger partial charge on any atom is -0.317 e. The fourth-order valence-electron chi connectivity index (χ4n) is 1.80. The van der Waals surface area contributed by atoms with E-state index >= 15 is 0 Å². The maximum Gasteiger partial charge on any atom is 0.322 e. The van der Waals surface area contributed by atoms with Gasteiger partial charge in [0.2, 0.25) is 0 Å². The van der Waals surface area contributed by atoms with Crippen LogP contribution in [0.5, 0.6) is 0 Å². The number of ketones is 1. The van der Waals surface area contributed by atoms with Gasteiger partial charge in [0.15, 0.2) is 5.78 Å². The van der Waals surface area contributed by atoms with Gasteiger partial charge >= 0.3 is 6.03 Å². The van der Waals surface area contributed by atoms with E-state index in [0.29, 0.717) is 35.1 Å². The van der Waals surface area contributed by atoms with Crippen LogP contribution in [0.1, 0.15) is 12.8 Å². The molecule has 0 bridgehead atoms. The summed E-state index contributed by atoms with van der Waals surface area (Å²) in [5.74, 6) is 0.0774. The summed E-state index contributed by atoms with van der Waals surface area (Å²) >= 11 is 11.8. The zero-order valence-electron chi connectivity index (χ0n) is 9.58. The Morgan fingerprint density at radius 3 is 2.83 bits per heavy atom. The third kappa shape index (κ3) is 3.15. The van der Waals surface area contributed by atoms with Gasteiger partial charge in [-0.15, -0.1) is 0 Å². The van der Waals surface area contributed by atoms with Gasteiger partial charge in [0.1, 0.15) is 0 Å². The van der Waals surface area contributed by atoms with Gasteiger partial charge in [-0.3, -0.25) is 4.79 Å². The summed E-state index contributed by atoms with van der Waals surface area (Å²) in [6.45, 7) is 0.736. The lowest BCUT2D eigenvalue weighted by Crippen LogP contribution is -2.42. The number of Topliss-reactive ketones (excluding diaryl/α,β-unsaturated/α-hetero) is 1. The molecule has 0 aliphatic carbocycles. The standard InChI is InChI=1S/C12H12Cl2N2O2/c13-8-3-4-10(14)11(6-8)15-12(18)16-5-1-2-9(17)7-16/h3-4,6H,1-2,5,7H2,(H,15,18). The van der Waals surface area contributed by atoms with E-state index in [2.05, 4.69) is 5.32 Å². The minimum absolute atomic E-state index is 0.0774. The molecule has 1 aliphatic rings. The summed E-state index contributed by atoms with van der Waals surface area (Å²) in [6.07, 6.45) is 1.25. The summed E-state index contributed by atoms with van der Waals surface area (Å²) in [6, 6.07) is 4.51. The van der Waals surface area contributed by atoms with E-state index in [9.17, 15) is 9.59 Å². The van der Waals surface area contributed by atoms with Crippen molar-refractivity contribution in [3.8, 4) is 0 Å². The Morgan fingerprint density at radius 2 is 2.11 bits per heavy atom. The number of rotatable bonds is 1. The fraction of sp³-hybridized carbons (Fsp3) is 0.333. The first-order chi connectivity index (χ1) is 8.56. The Labute approximate surface area is 115 Å². The maximum atomic E-state index is 11.9. The number of carbonyl (C=O) groups is 2. The van der Waals surface area contributed by atoms with E-state index < -0.39 is 0 Å². The number of nitrogens with one attached hydrogen (secondary N) is 1. The molecular formula is C12H12Cl2N2O2. The summed E-state index contributed by atoms with van der Waals surface area (Å²) in [4.78, 5) is 24.7. The number of benzene rings is 1. The van der Waals surface area contributed by atoms with E-state index in [0.717, 1.165) is 0 Å². The average Bonchev–Trinajstić information content (AvgIpc) is 2.34. The highest BCUT2D eigenvalue weighted by molar-refractivity contribution is 6.35. The van der Waals surface area contributed by atoms with Crippen LogP contribution in [-0.2, 0) is 4.79 Å². The summed E-state index contributed by atoms with van der Waals surface area (Å²) in [5.41, 5.74) is 0.451. The normalized spacial score (nSPS) is 15.7. The minimum atomic E-state index is -0.327. The van der Waals surface area contributed by atoms with Crippen molar-refractivity contribution in [3.63, 3.8) is 0 Å². The number of urea groups is 1. The zero-order chi connectivity index (χ0) is 13.1. The second-order valence-electron chi connectivity index (χ2n) is 4.12. The summed E-state index contributed by atoms with van der Waals surface area (Å²) in [7, 11) is 0. The van der Waals surface area contributed by atoms with Crippen LogP contribution in [0.2, 0.25) is 10.0 Å². The van der Waals surface area contributed by atoms with Crippen LogP contribution in [0, 0.1) is 0 Å². The average molecular weight is 287 g/mol. The molecule has 0 atom stereocenters. The zero-order valence-corrected chi connectivity index (χ0v) is 11.1. The molecule has 1 fully saturated rings. The number of amides is 2. The number of hydrogen-bond donors (Lipinski definition) is 1. The van der Waals surface area contributed by atoms with Crippen LogP contribution in [0.4, 0.5) is 10.5 Å². The van der Waals surface area contributed by atoms with Gasteiger partial charge < -0.3 is 10.2 Å². The molecule has 1 aliphatic heterocycles. The van der Waals surface area contributed by atoms with Gasteiger partial charge in [-0.2, -0.15) is 0 Å². The van der Waals surface area contributed by atoms with Crippen molar-refractivity contribution >= 4 is 40.7 Å². The SMILES string of the molecule is O=C1CCCN(C(=O)Nc2cc(Cl)ccc2Cl)C1. The van der Waals surface area contributed by atoms with Crippen LogP contribution in [-0.4, -0.2) is 29.8 Å². The van der Waals surface area contributed by atoms with E-state index in [-0.39, 0.29) is 18.4 Å². The smallest absolute Gasteiger partial charge is 0.317 e. The number of halogens is 2. The Morgan fingerprint density at radius 1 is 1.33 bits per heavy atom. The Balaban J connectivity index is 2.06. The second kappa shape index (κ2) is 5.59. The molecule has 1 N–H and O–H groups in total. The highest BCUT2D eigenvalue weighted by Gasteiger charge is 2.21. The van der Waals surface area contributed by atoms with Crippen molar-refractivity contribution in [3.05, 3.63) is 28.2 Å². The molecule has 2 amide bonds. The molecule has 4 nitrogen and oxygen atoms in total. The van der Waals surface area contributed by atoms with Crippen LogP contribution >= 0.6 is 23.2 Å². The molecule has 0 saturated carbocycles. The molecule has 1 saturated heterocycles. The number of hydrogen-bond acceptors (Lipinski definition) is 2. The second-order valence-corrected chi connectivity index (χ2v) is 4.96. The quantitative estimate of drug-likeness (QED) is 0.862. The Kier molecular flexibility index (Phi) is 4.09. The monoisotopic (exact) mass is 286 g/mol. The van der Waals surface area contributed by atoms with Gasteiger partial charge in [-0.25, -0.2) is 4.79 Å². The first kappa shape index (κ1) is 13.2. The number of carbonyl (C=O) groups excluding carboxylic acids is 2. The lowest BCUT2D eigenvalue weighted by molar-refractivity contribution is -0.121. The van der Waals surface area contributed by atoms with E-state index in [1.807, 2.05) is 0 Å².